The first-order chi connectivity index (χ1) is 12.3. The van der Waals surface area contributed by atoms with Gasteiger partial charge in [0.2, 0.25) is 0 Å². The van der Waals surface area contributed by atoms with Crippen molar-refractivity contribution in [1.82, 2.24) is 14.6 Å². The number of ether oxygens (including phenoxy) is 2. The van der Waals surface area contributed by atoms with E-state index in [2.05, 4.69) is 16.0 Å². The molecule has 0 unspecified atom stereocenters. The first-order valence-corrected chi connectivity index (χ1v) is 8.62. The van der Waals surface area contributed by atoms with Crippen molar-refractivity contribution in [2.45, 2.75) is 19.3 Å². The Morgan fingerprint density at radius 2 is 1.76 bits per heavy atom. The topological polar surface area (TPSA) is 51.9 Å². The van der Waals surface area contributed by atoms with Gasteiger partial charge >= 0.3 is 0 Å². The molecule has 1 saturated heterocycles. The lowest BCUT2D eigenvalue weighted by Crippen LogP contribution is -2.30. The Morgan fingerprint density at radius 3 is 2.52 bits per heavy atom. The fourth-order valence-corrected chi connectivity index (χ4v) is 3.39. The highest BCUT2D eigenvalue weighted by molar-refractivity contribution is 5.76. The van der Waals surface area contributed by atoms with Gasteiger partial charge in [0.25, 0.3) is 0 Å². The maximum absolute atomic E-state index is 5.41. The third kappa shape index (κ3) is 2.88. The number of hydrogen-bond acceptors (Lipinski definition) is 5. The molecule has 1 aromatic carbocycles. The molecule has 1 aliphatic rings. The van der Waals surface area contributed by atoms with Gasteiger partial charge in [-0.25, -0.2) is 9.50 Å². The van der Waals surface area contributed by atoms with Gasteiger partial charge < -0.3 is 14.4 Å². The van der Waals surface area contributed by atoms with Crippen LogP contribution in [0.25, 0.3) is 16.8 Å². The Labute approximate surface area is 147 Å². The lowest BCUT2D eigenvalue weighted by Gasteiger charge is -2.27. The Bertz CT molecular complexity index is 884. The summed E-state index contributed by atoms with van der Waals surface area (Å²) in [5.41, 5.74) is 2.92. The molecule has 3 heterocycles. The van der Waals surface area contributed by atoms with Crippen molar-refractivity contribution < 1.29 is 9.47 Å². The van der Waals surface area contributed by atoms with Crippen LogP contribution in [-0.2, 0) is 0 Å². The van der Waals surface area contributed by atoms with Crippen molar-refractivity contribution in [3.05, 3.63) is 36.7 Å². The molecule has 0 bridgehead atoms. The normalized spacial score (nSPS) is 14.7. The lowest BCUT2D eigenvalue weighted by molar-refractivity contribution is 0.355. The van der Waals surface area contributed by atoms with Crippen LogP contribution < -0.4 is 14.4 Å². The van der Waals surface area contributed by atoms with Crippen LogP contribution in [0.2, 0.25) is 0 Å². The summed E-state index contributed by atoms with van der Waals surface area (Å²) in [4.78, 5) is 6.98. The largest absolute Gasteiger partial charge is 0.493 e. The minimum atomic E-state index is 0.700. The second-order valence-electron chi connectivity index (χ2n) is 6.23. The summed E-state index contributed by atoms with van der Waals surface area (Å²) in [6.07, 6.45) is 7.46. The van der Waals surface area contributed by atoms with E-state index in [0.29, 0.717) is 11.5 Å². The molecule has 0 radical (unpaired) electrons. The van der Waals surface area contributed by atoms with Gasteiger partial charge in [-0.15, -0.1) is 0 Å². The number of hydrogen-bond donors (Lipinski definition) is 0. The molecular formula is C19H22N4O2. The van der Waals surface area contributed by atoms with Crippen LogP contribution in [0.1, 0.15) is 19.3 Å². The number of methoxy groups -OCH3 is 2. The fraction of sp³-hybridized carbons (Fsp3) is 0.368. The summed E-state index contributed by atoms with van der Waals surface area (Å²) in [7, 11) is 3.28. The van der Waals surface area contributed by atoms with E-state index in [1.54, 1.807) is 14.2 Å². The molecule has 1 aliphatic heterocycles. The molecule has 0 N–H and O–H groups in total. The zero-order chi connectivity index (χ0) is 17.2. The number of benzene rings is 1. The van der Waals surface area contributed by atoms with Gasteiger partial charge in [0.15, 0.2) is 17.3 Å². The molecule has 2 aromatic heterocycles. The quantitative estimate of drug-likeness (QED) is 0.730. The third-order valence-corrected chi connectivity index (χ3v) is 4.70. The highest BCUT2D eigenvalue weighted by Crippen LogP contribution is 2.33. The van der Waals surface area contributed by atoms with E-state index < -0.39 is 0 Å². The van der Waals surface area contributed by atoms with Crippen LogP contribution in [0.4, 0.5) is 5.82 Å². The molecule has 0 atom stereocenters. The van der Waals surface area contributed by atoms with Crippen molar-refractivity contribution in [2.24, 2.45) is 0 Å². The molecule has 0 saturated carbocycles. The summed E-state index contributed by atoms with van der Waals surface area (Å²) in [6, 6.07) is 7.95. The van der Waals surface area contributed by atoms with Crippen LogP contribution in [0, 0.1) is 0 Å². The van der Waals surface area contributed by atoms with Crippen molar-refractivity contribution in [3.8, 4) is 22.8 Å². The number of rotatable bonds is 4. The van der Waals surface area contributed by atoms with Crippen LogP contribution in [0.3, 0.4) is 0 Å². The van der Waals surface area contributed by atoms with E-state index in [1.165, 1.54) is 19.3 Å². The summed E-state index contributed by atoms with van der Waals surface area (Å²) >= 11 is 0. The van der Waals surface area contributed by atoms with Crippen LogP contribution in [0.15, 0.2) is 36.7 Å². The highest BCUT2D eigenvalue weighted by atomic mass is 16.5. The van der Waals surface area contributed by atoms with Crippen molar-refractivity contribution >= 4 is 11.3 Å². The van der Waals surface area contributed by atoms with E-state index in [-0.39, 0.29) is 0 Å². The maximum atomic E-state index is 5.41. The van der Waals surface area contributed by atoms with E-state index >= 15 is 0 Å². The Kier molecular flexibility index (Phi) is 4.17. The number of nitrogens with zero attached hydrogens (tertiary/aromatic N) is 4. The summed E-state index contributed by atoms with van der Waals surface area (Å²) < 4.78 is 12.6. The molecule has 3 aromatic rings. The van der Waals surface area contributed by atoms with Crippen LogP contribution in [0.5, 0.6) is 11.5 Å². The molecule has 0 spiro atoms. The minimum Gasteiger partial charge on any atom is -0.493 e. The van der Waals surface area contributed by atoms with Gasteiger partial charge in [-0.3, -0.25) is 0 Å². The first-order valence-electron chi connectivity index (χ1n) is 8.62. The lowest BCUT2D eigenvalue weighted by atomic mass is 10.1. The van der Waals surface area contributed by atoms with Gasteiger partial charge in [-0.2, -0.15) is 5.10 Å². The summed E-state index contributed by atoms with van der Waals surface area (Å²) in [6.45, 7) is 2.12. The van der Waals surface area contributed by atoms with Gasteiger partial charge in [-0.1, -0.05) is 0 Å². The molecule has 130 valence electrons. The molecule has 6 heteroatoms. The van der Waals surface area contributed by atoms with E-state index in [9.17, 15) is 0 Å². The Morgan fingerprint density at radius 1 is 0.960 bits per heavy atom. The van der Waals surface area contributed by atoms with E-state index in [0.717, 1.165) is 35.7 Å². The molecule has 25 heavy (non-hydrogen) atoms. The molecule has 0 aliphatic carbocycles. The van der Waals surface area contributed by atoms with Gasteiger partial charge in [0.1, 0.15) is 5.52 Å². The first kappa shape index (κ1) is 15.7. The third-order valence-electron chi connectivity index (χ3n) is 4.70. The number of fused-ring (bicyclic) bond motifs is 1. The standard InChI is InChI=1S/C19H22N4O2/c1-24-17-7-6-14(12-18(17)25-2)15-13-16-19(20-8-11-23(16)21-15)22-9-4-3-5-10-22/h6-8,11-13H,3-5,9-10H2,1-2H3. The average molecular weight is 338 g/mol. The number of anilines is 1. The molecule has 6 nitrogen and oxygen atoms in total. The van der Waals surface area contributed by atoms with Crippen molar-refractivity contribution in [3.63, 3.8) is 0 Å². The zero-order valence-corrected chi connectivity index (χ0v) is 14.6. The average Bonchev–Trinajstić information content (AvgIpc) is 3.12. The molecule has 4 rings (SSSR count). The zero-order valence-electron chi connectivity index (χ0n) is 14.6. The van der Waals surface area contributed by atoms with E-state index in [1.807, 2.05) is 35.1 Å². The molecule has 0 amide bonds. The van der Waals surface area contributed by atoms with Crippen LogP contribution in [-0.4, -0.2) is 41.9 Å². The SMILES string of the molecule is COc1ccc(-c2cc3c(N4CCCCC4)nccn3n2)cc1OC. The minimum absolute atomic E-state index is 0.700. The Balaban J connectivity index is 1.76. The maximum Gasteiger partial charge on any atom is 0.161 e. The molecular weight excluding hydrogens is 316 g/mol. The predicted molar refractivity (Wildman–Crippen MR) is 97.6 cm³/mol. The summed E-state index contributed by atoms with van der Waals surface area (Å²) in [5.74, 6) is 2.43. The van der Waals surface area contributed by atoms with E-state index in [4.69, 9.17) is 14.6 Å². The second-order valence-corrected chi connectivity index (χ2v) is 6.23. The summed E-state index contributed by atoms with van der Waals surface area (Å²) in [5, 5.41) is 4.72. The number of aromatic nitrogens is 3. The van der Waals surface area contributed by atoms with Crippen molar-refractivity contribution in [1.29, 1.82) is 0 Å². The van der Waals surface area contributed by atoms with Gasteiger partial charge in [-0.05, 0) is 43.5 Å². The monoisotopic (exact) mass is 338 g/mol. The second kappa shape index (κ2) is 6.63. The smallest absolute Gasteiger partial charge is 0.161 e. The van der Waals surface area contributed by atoms with Gasteiger partial charge in [0.05, 0.1) is 19.9 Å². The predicted octanol–water partition coefficient (Wildman–Crippen LogP) is 3.40. The van der Waals surface area contributed by atoms with Crippen molar-refractivity contribution in [2.75, 3.05) is 32.2 Å². The van der Waals surface area contributed by atoms with Gasteiger partial charge in [0, 0.05) is 31.0 Å². The Hall–Kier alpha value is -2.76. The fourth-order valence-electron chi connectivity index (χ4n) is 3.39. The molecule has 1 fully saturated rings. The number of piperidine rings is 1. The van der Waals surface area contributed by atoms with Crippen LogP contribution >= 0.6 is 0 Å². The highest BCUT2D eigenvalue weighted by Gasteiger charge is 2.17.